The number of aliphatic carboxylic acids is 1. The van der Waals surface area contributed by atoms with Crippen LogP contribution in [-0.4, -0.2) is 93.5 Å². The molecule has 2 unspecified atom stereocenters. The summed E-state index contributed by atoms with van der Waals surface area (Å²) in [4.78, 5) is 11.7. The molecule has 34 heavy (non-hydrogen) atoms. The molecule has 2 atom stereocenters. The highest BCUT2D eigenvalue weighted by molar-refractivity contribution is 5.70. The number of allylic oxidation sites excluding steroid dienone is 1. The summed E-state index contributed by atoms with van der Waals surface area (Å²) in [5, 5.41) is 22.4. The predicted molar refractivity (Wildman–Crippen MR) is 140 cm³/mol. The van der Waals surface area contributed by atoms with Crippen LogP contribution in [0.4, 0.5) is 0 Å². The van der Waals surface area contributed by atoms with Crippen molar-refractivity contribution in [1.82, 2.24) is 5.32 Å². The Hall–Kier alpha value is -0.990. The van der Waals surface area contributed by atoms with Crippen molar-refractivity contribution in [3.05, 3.63) is 12.2 Å². The maximum Gasteiger partial charge on any atom is 0.306 e. The maximum absolute atomic E-state index is 11.7. The highest BCUT2D eigenvalue weighted by Gasteiger charge is 2.27. The SMILES string of the molecule is C=C(CC(CCNCCOCCOCC[N+](C)(C)CC(C)O)C(=O)O)CC(C)(C)CC(C)(C)C. The van der Waals surface area contributed by atoms with E-state index in [0.717, 1.165) is 29.4 Å². The minimum atomic E-state index is -0.750. The Balaban J connectivity index is 3.96. The van der Waals surface area contributed by atoms with Crippen LogP contribution in [0.5, 0.6) is 0 Å². The van der Waals surface area contributed by atoms with E-state index in [-0.39, 0.29) is 16.9 Å². The lowest BCUT2D eigenvalue weighted by Gasteiger charge is -2.33. The van der Waals surface area contributed by atoms with Gasteiger partial charge in [-0.15, -0.1) is 0 Å². The zero-order valence-corrected chi connectivity index (χ0v) is 23.4. The second kappa shape index (κ2) is 15.9. The molecule has 0 aliphatic carbocycles. The summed E-state index contributed by atoms with van der Waals surface area (Å²) in [6.07, 6.45) is 2.72. The van der Waals surface area contributed by atoms with Crippen LogP contribution in [0.25, 0.3) is 0 Å². The number of rotatable bonds is 20. The number of likely N-dealkylation sites (N-methyl/N-ethyl adjacent to an activating group) is 1. The van der Waals surface area contributed by atoms with Gasteiger partial charge in [-0.2, -0.15) is 0 Å². The van der Waals surface area contributed by atoms with Crippen molar-refractivity contribution in [1.29, 1.82) is 0 Å². The maximum atomic E-state index is 11.7. The number of carbonyl (C=O) groups is 1. The number of hydrogen-bond donors (Lipinski definition) is 3. The first-order chi connectivity index (χ1) is 15.5. The smallest absolute Gasteiger partial charge is 0.306 e. The van der Waals surface area contributed by atoms with Gasteiger partial charge in [0.2, 0.25) is 0 Å². The summed E-state index contributed by atoms with van der Waals surface area (Å²) in [5.74, 6) is -1.16. The normalized spacial score (nSPS) is 14.7. The predicted octanol–water partition coefficient (Wildman–Crippen LogP) is 3.96. The van der Waals surface area contributed by atoms with Crippen molar-refractivity contribution >= 4 is 5.97 Å². The molecule has 202 valence electrons. The Morgan fingerprint density at radius 2 is 1.62 bits per heavy atom. The fourth-order valence-electron chi connectivity index (χ4n) is 4.89. The highest BCUT2D eigenvalue weighted by Crippen LogP contribution is 2.38. The Labute approximate surface area is 209 Å². The van der Waals surface area contributed by atoms with Crippen LogP contribution in [0, 0.1) is 16.7 Å². The van der Waals surface area contributed by atoms with Crippen LogP contribution in [0.3, 0.4) is 0 Å². The molecule has 0 heterocycles. The first kappa shape index (κ1) is 33.0. The third kappa shape index (κ3) is 19.3. The molecule has 0 bridgehead atoms. The quantitative estimate of drug-likeness (QED) is 0.137. The molecule has 0 fully saturated rings. The van der Waals surface area contributed by atoms with E-state index in [1.807, 2.05) is 0 Å². The molecule has 0 radical (unpaired) electrons. The molecule has 0 aliphatic rings. The van der Waals surface area contributed by atoms with Gasteiger partial charge in [0, 0.05) is 6.54 Å². The van der Waals surface area contributed by atoms with Crippen LogP contribution in [0.2, 0.25) is 0 Å². The second-order valence-electron chi connectivity index (χ2n) is 12.5. The van der Waals surface area contributed by atoms with Gasteiger partial charge in [-0.1, -0.05) is 46.8 Å². The molecule has 0 saturated carbocycles. The molecule has 7 nitrogen and oxygen atoms in total. The third-order valence-corrected chi connectivity index (χ3v) is 5.69. The number of aliphatic hydroxyl groups is 1. The lowest BCUT2D eigenvalue weighted by Crippen LogP contribution is -2.46. The van der Waals surface area contributed by atoms with Crippen molar-refractivity contribution in [2.75, 3.05) is 66.7 Å². The van der Waals surface area contributed by atoms with Crippen LogP contribution in [0.1, 0.15) is 67.2 Å². The first-order valence-corrected chi connectivity index (χ1v) is 12.8. The van der Waals surface area contributed by atoms with Crippen molar-refractivity contribution in [3.8, 4) is 0 Å². The number of quaternary nitrogens is 1. The molecule has 3 N–H and O–H groups in total. The number of ether oxygens (including phenoxy) is 2. The number of aliphatic hydroxyl groups excluding tert-OH is 1. The van der Waals surface area contributed by atoms with E-state index in [0.29, 0.717) is 58.9 Å². The number of hydrogen-bond acceptors (Lipinski definition) is 5. The minimum absolute atomic E-state index is 0.116. The third-order valence-electron chi connectivity index (χ3n) is 5.69. The molecule has 0 saturated heterocycles. The molecule has 0 spiro atoms. The van der Waals surface area contributed by atoms with E-state index in [2.05, 4.69) is 60.6 Å². The molecule has 0 aromatic rings. The lowest BCUT2D eigenvalue weighted by atomic mass is 9.72. The molecule has 0 aromatic heterocycles. The fraction of sp³-hybridized carbons (Fsp3) is 0.889. The summed E-state index contributed by atoms with van der Waals surface area (Å²) in [5.41, 5.74) is 1.38. The van der Waals surface area contributed by atoms with Gasteiger partial charge in [-0.3, -0.25) is 4.79 Å². The van der Waals surface area contributed by atoms with Gasteiger partial charge in [0.05, 0.1) is 46.4 Å². The van der Waals surface area contributed by atoms with Gasteiger partial charge in [0.15, 0.2) is 0 Å². The van der Waals surface area contributed by atoms with E-state index in [1.54, 1.807) is 6.92 Å². The van der Waals surface area contributed by atoms with Crippen LogP contribution in [0.15, 0.2) is 12.2 Å². The van der Waals surface area contributed by atoms with E-state index < -0.39 is 11.9 Å². The summed E-state index contributed by atoms with van der Waals surface area (Å²) in [7, 11) is 4.16. The van der Waals surface area contributed by atoms with Crippen LogP contribution >= 0.6 is 0 Å². The Morgan fingerprint density at radius 3 is 2.15 bits per heavy atom. The average Bonchev–Trinajstić information content (AvgIpc) is 2.61. The molecule has 0 rings (SSSR count). The molecule has 0 aromatic carbocycles. The van der Waals surface area contributed by atoms with Crippen molar-refractivity contribution in [2.45, 2.75) is 73.3 Å². The van der Waals surface area contributed by atoms with E-state index in [9.17, 15) is 15.0 Å². The summed E-state index contributed by atoms with van der Waals surface area (Å²) in [6.45, 7) is 22.3. The largest absolute Gasteiger partial charge is 0.481 e. The molecule has 7 heteroatoms. The van der Waals surface area contributed by atoms with Gasteiger partial charge in [-0.25, -0.2) is 0 Å². The van der Waals surface area contributed by atoms with E-state index >= 15 is 0 Å². The van der Waals surface area contributed by atoms with Crippen molar-refractivity contribution in [3.63, 3.8) is 0 Å². The summed E-state index contributed by atoms with van der Waals surface area (Å²) < 4.78 is 11.9. The Kier molecular flexibility index (Phi) is 15.4. The molecule has 0 amide bonds. The number of nitrogens with zero attached hydrogens (tertiary/aromatic N) is 1. The van der Waals surface area contributed by atoms with Crippen molar-refractivity contribution in [2.24, 2.45) is 16.7 Å². The Bertz CT molecular complexity index is 582. The summed E-state index contributed by atoms with van der Waals surface area (Å²) >= 11 is 0. The van der Waals surface area contributed by atoms with Gasteiger partial charge >= 0.3 is 5.97 Å². The fourth-order valence-corrected chi connectivity index (χ4v) is 4.89. The zero-order valence-electron chi connectivity index (χ0n) is 23.4. The van der Waals surface area contributed by atoms with Gasteiger partial charge < -0.3 is 29.5 Å². The average molecular weight is 488 g/mol. The molecular formula is C27H55N2O5+. The first-order valence-electron chi connectivity index (χ1n) is 12.8. The lowest BCUT2D eigenvalue weighted by molar-refractivity contribution is -0.893. The number of carboxylic acids is 1. The minimum Gasteiger partial charge on any atom is -0.481 e. The number of carboxylic acid groups (broad SMARTS) is 1. The van der Waals surface area contributed by atoms with Gasteiger partial charge in [0.25, 0.3) is 0 Å². The topological polar surface area (TPSA) is 88.0 Å². The van der Waals surface area contributed by atoms with E-state index in [1.165, 1.54) is 0 Å². The molecular weight excluding hydrogens is 432 g/mol. The number of nitrogens with one attached hydrogen (secondary N) is 1. The van der Waals surface area contributed by atoms with Crippen molar-refractivity contribution < 1.29 is 29.0 Å². The van der Waals surface area contributed by atoms with Crippen LogP contribution in [-0.2, 0) is 14.3 Å². The van der Waals surface area contributed by atoms with Crippen LogP contribution < -0.4 is 5.32 Å². The second-order valence-corrected chi connectivity index (χ2v) is 12.5. The van der Waals surface area contributed by atoms with Gasteiger partial charge in [0.1, 0.15) is 19.2 Å². The summed E-state index contributed by atoms with van der Waals surface area (Å²) in [6, 6.07) is 0. The van der Waals surface area contributed by atoms with Gasteiger partial charge in [-0.05, 0) is 50.0 Å². The molecule has 0 aliphatic heterocycles. The monoisotopic (exact) mass is 487 g/mol. The highest BCUT2D eigenvalue weighted by atomic mass is 16.5. The van der Waals surface area contributed by atoms with E-state index in [4.69, 9.17) is 9.47 Å². The standard InChI is InChI=1S/C27H54N2O5/c1-22(19-27(6,7)21-26(3,4)5)18-24(25(31)32)10-11-28-12-14-33-16-17-34-15-13-29(8,9)20-23(2)30/h23-24,28,30H,1,10-21H2,2-9H3/p+1. The zero-order chi connectivity index (χ0) is 26.4. The Morgan fingerprint density at radius 1 is 1.03 bits per heavy atom.